The Morgan fingerprint density at radius 1 is 1.08 bits per heavy atom. The molecule has 1 aromatic heterocycles. The Balaban J connectivity index is 1.87. The highest BCUT2D eigenvalue weighted by atomic mass is 16.2. The lowest BCUT2D eigenvalue weighted by atomic mass is 9.95. The van der Waals surface area contributed by atoms with Crippen LogP contribution >= 0.6 is 0 Å². The molecule has 0 atom stereocenters. The molecule has 1 aliphatic carbocycles. The van der Waals surface area contributed by atoms with Crippen LogP contribution in [-0.4, -0.2) is 16.4 Å². The van der Waals surface area contributed by atoms with E-state index >= 15 is 0 Å². The molecule has 5 nitrogen and oxygen atoms in total. The lowest BCUT2D eigenvalue weighted by Crippen LogP contribution is -2.19. The SMILES string of the molecule is Cc1cc(C(=O)Nc2ccccc2C(N)=O)c(C)n1C1CCCCC1. The minimum Gasteiger partial charge on any atom is -0.366 e. The number of hydrogen-bond acceptors (Lipinski definition) is 2. The van der Waals surface area contributed by atoms with Crippen LogP contribution in [0, 0.1) is 13.8 Å². The summed E-state index contributed by atoms with van der Waals surface area (Å²) in [6, 6.07) is 9.22. The molecule has 1 aromatic carbocycles. The van der Waals surface area contributed by atoms with Crippen LogP contribution in [0.2, 0.25) is 0 Å². The van der Waals surface area contributed by atoms with Gasteiger partial charge in [-0.15, -0.1) is 0 Å². The molecule has 1 aliphatic rings. The Morgan fingerprint density at radius 2 is 1.76 bits per heavy atom. The van der Waals surface area contributed by atoms with Crippen LogP contribution in [0.15, 0.2) is 30.3 Å². The average molecular weight is 339 g/mol. The van der Waals surface area contributed by atoms with Crippen molar-refractivity contribution in [3.05, 3.63) is 52.8 Å². The second kappa shape index (κ2) is 7.13. The molecule has 0 bridgehead atoms. The highest BCUT2D eigenvalue weighted by Crippen LogP contribution is 2.32. The van der Waals surface area contributed by atoms with E-state index in [0.717, 1.165) is 11.4 Å². The predicted octanol–water partition coefficient (Wildman–Crippen LogP) is 3.96. The first kappa shape index (κ1) is 17.3. The molecule has 3 N–H and O–H groups in total. The summed E-state index contributed by atoms with van der Waals surface area (Å²) >= 11 is 0. The third-order valence-electron chi connectivity index (χ3n) is 5.11. The summed E-state index contributed by atoms with van der Waals surface area (Å²) in [7, 11) is 0. The maximum absolute atomic E-state index is 12.8. The number of amides is 2. The highest BCUT2D eigenvalue weighted by molar-refractivity contribution is 6.09. The molecule has 3 rings (SSSR count). The molecule has 0 aliphatic heterocycles. The normalized spacial score (nSPS) is 15.1. The molecule has 0 unspecified atom stereocenters. The van der Waals surface area contributed by atoms with Gasteiger partial charge in [0, 0.05) is 17.4 Å². The third kappa shape index (κ3) is 3.45. The minimum absolute atomic E-state index is 0.205. The Labute approximate surface area is 148 Å². The second-order valence-electron chi connectivity index (χ2n) is 6.81. The van der Waals surface area contributed by atoms with Gasteiger partial charge < -0.3 is 15.6 Å². The Hall–Kier alpha value is -2.56. The number of carbonyl (C=O) groups is 2. The molecule has 132 valence electrons. The van der Waals surface area contributed by atoms with Gasteiger partial charge in [-0.2, -0.15) is 0 Å². The second-order valence-corrected chi connectivity index (χ2v) is 6.81. The van der Waals surface area contributed by atoms with E-state index in [9.17, 15) is 9.59 Å². The summed E-state index contributed by atoms with van der Waals surface area (Å²) in [5, 5.41) is 2.84. The predicted molar refractivity (Wildman–Crippen MR) is 98.9 cm³/mol. The molecule has 2 amide bonds. The highest BCUT2D eigenvalue weighted by Gasteiger charge is 2.23. The minimum atomic E-state index is -0.552. The monoisotopic (exact) mass is 339 g/mol. The summed E-state index contributed by atoms with van der Waals surface area (Å²) in [4.78, 5) is 24.3. The fourth-order valence-electron chi connectivity index (χ4n) is 3.90. The third-order valence-corrected chi connectivity index (χ3v) is 5.11. The fraction of sp³-hybridized carbons (Fsp3) is 0.400. The molecule has 25 heavy (non-hydrogen) atoms. The van der Waals surface area contributed by atoms with Crippen LogP contribution in [0.4, 0.5) is 5.69 Å². The molecule has 1 saturated carbocycles. The van der Waals surface area contributed by atoms with Gasteiger partial charge in [0.05, 0.1) is 16.8 Å². The average Bonchev–Trinajstić information content (AvgIpc) is 2.90. The number of hydrogen-bond donors (Lipinski definition) is 2. The molecule has 5 heteroatoms. The van der Waals surface area contributed by atoms with Gasteiger partial charge in [-0.05, 0) is 44.9 Å². The van der Waals surface area contributed by atoms with Crippen LogP contribution in [-0.2, 0) is 0 Å². The first-order valence-electron chi connectivity index (χ1n) is 8.87. The quantitative estimate of drug-likeness (QED) is 0.884. The smallest absolute Gasteiger partial charge is 0.257 e. The molecule has 0 radical (unpaired) electrons. The molecular formula is C20H25N3O2. The summed E-state index contributed by atoms with van der Waals surface area (Å²) in [5.74, 6) is -0.757. The van der Waals surface area contributed by atoms with Gasteiger partial charge in [0.15, 0.2) is 0 Å². The number of nitrogens with zero attached hydrogens (tertiary/aromatic N) is 1. The van der Waals surface area contributed by atoms with E-state index in [1.54, 1.807) is 24.3 Å². The summed E-state index contributed by atoms with van der Waals surface area (Å²) in [6.45, 7) is 4.05. The number of carbonyl (C=O) groups excluding carboxylic acids is 2. The van der Waals surface area contributed by atoms with Crippen molar-refractivity contribution in [2.24, 2.45) is 5.73 Å². The summed E-state index contributed by atoms with van der Waals surface area (Å²) in [5.41, 5.74) is 8.90. The number of benzene rings is 1. The van der Waals surface area contributed by atoms with Crippen LogP contribution in [0.5, 0.6) is 0 Å². The number of aryl methyl sites for hydroxylation is 1. The standard InChI is InChI=1S/C20H25N3O2/c1-13-12-17(14(2)23(13)15-8-4-3-5-9-15)20(25)22-18-11-7-6-10-16(18)19(21)24/h6-7,10-12,15H,3-5,8-9H2,1-2H3,(H2,21,24)(H,22,25). The summed E-state index contributed by atoms with van der Waals surface area (Å²) < 4.78 is 2.30. The fourth-order valence-corrected chi connectivity index (χ4v) is 3.90. The van der Waals surface area contributed by atoms with Crippen molar-refractivity contribution in [1.29, 1.82) is 0 Å². The molecule has 0 saturated heterocycles. The van der Waals surface area contributed by atoms with Gasteiger partial charge in [0.25, 0.3) is 11.8 Å². The maximum Gasteiger partial charge on any atom is 0.257 e. The van der Waals surface area contributed by atoms with Crippen molar-refractivity contribution in [1.82, 2.24) is 4.57 Å². The van der Waals surface area contributed by atoms with Gasteiger partial charge in [-0.1, -0.05) is 31.4 Å². The van der Waals surface area contributed by atoms with E-state index in [0.29, 0.717) is 22.9 Å². The van der Waals surface area contributed by atoms with Gasteiger partial charge >= 0.3 is 0 Å². The Bertz CT molecular complexity index is 801. The number of anilines is 1. The van der Waals surface area contributed by atoms with Crippen molar-refractivity contribution < 1.29 is 9.59 Å². The number of nitrogens with one attached hydrogen (secondary N) is 1. The van der Waals surface area contributed by atoms with Crippen LogP contribution < -0.4 is 11.1 Å². The Morgan fingerprint density at radius 3 is 2.44 bits per heavy atom. The van der Waals surface area contributed by atoms with Gasteiger partial charge in [0.1, 0.15) is 0 Å². The molecule has 2 aromatic rings. The van der Waals surface area contributed by atoms with E-state index in [4.69, 9.17) is 5.73 Å². The van der Waals surface area contributed by atoms with E-state index in [1.807, 2.05) is 13.0 Å². The zero-order chi connectivity index (χ0) is 18.0. The zero-order valence-electron chi connectivity index (χ0n) is 14.8. The van der Waals surface area contributed by atoms with Crippen molar-refractivity contribution in [3.8, 4) is 0 Å². The number of para-hydroxylation sites is 1. The van der Waals surface area contributed by atoms with Gasteiger partial charge in [0.2, 0.25) is 0 Å². The molecule has 1 fully saturated rings. The number of rotatable bonds is 4. The largest absolute Gasteiger partial charge is 0.366 e. The number of aromatic nitrogens is 1. The lowest BCUT2D eigenvalue weighted by Gasteiger charge is -2.26. The van der Waals surface area contributed by atoms with Crippen LogP contribution in [0.3, 0.4) is 0 Å². The van der Waals surface area contributed by atoms with E-state index in [1.165, 1.54) is 32.1 Å². The molecular weight excluding hydrogens is 314 g/mol. The van der Waals surface area contributed by atoms with Crippen LogP contribution in [0.1, 0.15) is 70.2 Å². The van der Waals surface area contributed by atoms with Gasteiger partial charge in [-0.25, -0.2) is 0 Å². The maximum atomic E-state index is 12.8. The van der Waals surface area contributed by atoms with E-state index < -0.39 is 5.91 Å². The number of primary amides is 1. The van der Waals surface area contributed by atoms with Crippen molar-refractivity contribution in [2.75, 3.05) is 5.32 Å². The zero-order valence-corrected chi connectivity index (χ0v) is 14.8. The van der Waals surface area contributed by atoms with Crippen molar-refractivity contribution in [2.45, 2.75) is 52.0 Å². The number of nitrogens with two attached hydrogens (primary N) is 1. The first-order valence-corrected chi connectivity index (χ1v) is 8.87. The molecule has 0 spiro atoms. The van der Waals surface area contributed by atoms with Crippen LogP contribution in [0.25, 0.3) is 0 Å². The topological polar surface area (TPSA) is 77.1 Å². The summed E-state index contributed by atoms with van der Waals surface area (Å²) in [6.07, 6.45) is 6.13. The van der Waals surface area contributed by atoms with Crippen molar-refractivity contribution >= 4 is 17.5 Å². The van der Waals surface area contributed by atoms with Crippen molar-refractivity contribution in [3.63, 3.8) is 0 Å². The Kier molecular flexibility index (Phi) is 4.93. The lowest BCUT2D eigenvalue weighted by molar-refractivity contribution is 0.100. The molecule has 1 heterocycles. The first-order chi connectivity index (χ1) is 12.0. The van der Waals surface area contributed by atoms with Gasteiger partial charge in [-0.3, -0.25) is 9.59 Å². The van der Waals surface area contributed by atoms with E-state index in [2.05, 4.69) is 16.8 Å². The van der Waals surface area contributed by atoms with E-state index in [-0.39, 0.29) is 5.91 Å².